The summed E-state index contributed by atoms with van der Waals surface area (Å²) in [6.45, 7) is 4.48. The summed E-state index contributed by atoms with van der Waals surface area (Å²) in [5.41, 5.74) is 2.10. The molecule has 2 aromatic rings. The zero-order chi connectivity index (χ0) is 18.7. The molecule has 0 saturated carbocycles. The fraction of sp³-hybridized carbons (Fsp3) is 0.474. The van der Waals surface area contributed by atoms with E-state index in [2.05, 4.69) is 26.2 Å². The summed E-state index contributed by atoms with van der Waals surface area (Å²) in [5.74, 6) is 0.984. The Morgan fingerprint density at radius 3 is 2.81 bits per heavy atom. The topological polar surface area (TPSA) is 45.7 Å². The summed E-state index contributed by atoms with van der Waals surface area (Å²) < 4.78 is 6.49. The number of hydrogen-bond acceptors (Lipinski definition) is 5. The Labute approximate surface area is 167 Å². The Morgan fingerprint density at radius 1 is 1.42 bits per heavy atom. The summed E-state index contributed by atoms with van der Waals surface area (Å²) in [4.78, 5) is 20.6. The van der Waals surface area contributed by atoms with Gasteiger partial charge in [-0.1, -0.05) is 15.9 Å². The molecular weight excluding hydrogens is 414 g/mol. The average Bonchev–Trinajstić information content (AvgIpc) is 3.10. The third-order valence-electron chi connectivity index (χ3n) is 4.93. The molecule has 1 amide bonds. The van der Waals surface area contributed by atoms with Gasteiger partial charge in [0.2, 0.25) is 5.91 Å². The lowest BCUT2D eigenvalue weighted by Gasteiger charge is -2.36. The zero-order valence-electron chi connectivity index (χ0n) is 15.4. The zero-order valence-corrected chi connectivity index (χ0v) is 17.8. The van der Waals surface area contributed by atoms with E-state index in [1.165, 1.54) is 0 Å². The number of aromatic nitrogens is 1. The monoisotopic (exact) mass is 437 g/mol. The van der Waals surface area contributed by atoms with Gasteiger partial charge in [0.1, 0.15) is 10.8 Å². The molecule has 3 rings (SSSR count). The van der Waals surface area contributed by atoms with Gasteiger partial charge < -0.3 is 9.64 Å². The molecule has 1 aliphatic heterocycles. The lowest BCUT2D eigenvalue weighted by atomic mass is 10.0. The third-order valence-corrected chi connectivity index (χ3v) is 6.35. The van der Waals surface area contributed by atoms with Crippen molar-refractivity contribution in [1.82, 2.24) is 14.8 Å². The van der Waals surface area contributed by atoms with Crippen LogP contribution in [0.3, 0.4) is 0 Å². The first-order valence-corrected chi connectivity index (χ1v) is 10.4. The van der Waals surface area contributed by atoms with Crippen molar-refractivity contribution < 1.29 is 9.53 Å². The number of amides is 1. The first-order chi connectivity index (χ1) is 12.5. The highest BCUT2D eigenvalue weighted by molar-refractivity contribution is 9.10. The van der Waals surface area contributed by atoms with E-state index in [0.717, 1.165) is 59.0 Å². The van der Waals surface area contributed by atoms with Crippen LogP contribution in [0.1, 0.15) is 25.5 Å². The predicted octanol–water partition coefficient (Wildman–Crippen LogP) is 4.02. The van der Waals surface area contributed by atoms with Gasteiger partial charge in [-0.15, -0.1) is 11.3 Å². The summed E-state index contributed by atoms with van der Waals surface area (Å²) >= 11 is 5.17. The maximum atomic E-state index is 11.5. The quantitative estimate of drug-likeness (QED) is 0.708. The number of halogens is 1. The number of benzene rings is 1. The first-order valence-electron chi connectivity index (χ1n) is 8.72. The highest BCUT2D eigenvalue weighted by Crippen LogP contribution is 2.34. The van der Waals surface area contributed by atoms with Gasteiger partial charge in [-0.3, -0.25) is 9.69 Å². The lowest BCUT2D eigenvalue weighted by molar-refractivity contribution is -0.130. The van der Waals surface area contributed by atoms with Crippen molar-refractivity contribution in [3.8, 4) is 16.3 Å². The average molecular weight is 438 g/mol. The van der Waals surface area contributed by atoms with E-state index in [-0.39, 0.29) is 5.91 Å². The van der Waals surface area contributed by atoms with Crippen LogP contribution in [-0.4, -0.2) is 54.0 Å². The molecule has 0 N–H and O–H groups in total. The Kier molecular flexibility index (Phi) is 6.32. The van der Waals surface area contributed by atoms with E-state index in [1.54, 1.807) is 25.4 Å². The molecule has 0 radical (unpaired) electrons. The van der Waals surface area contributed by atoms with Gasteiger partial charge in [0.05, 0.1) is 18.4 Å². The van der Waals surface area contributed by atoms with E-state index < -0.39 is 0 Å². The number of piperidine rings is 1. The van der Waals surface area contributed by atoms with Crippen LogP contribution in [-0.2, 0) is 11.3 Å². The second kappa shape index (κ2) is 8.50. The molecule has 1 aromatic heterocycles. The molecule has 5 nitrogen and oxygen atoms in total. The minimum atomic E-state index is 0.149. The highest BCUT2D eigenvalue weighted by atomic mass is 79.9. The summed E-state index contributed by atoms with van der Waals surface area (Å²) in [7, 11) is 3.59. The van der Waals surface area contributed by atoms with Crippen LogP contribution in [0.2, 0.25) is 0 Å². The molecular formula is C19H24BrN3O2S. The number of ether oxygens (including phenoxy) is 1. The number of rotatable bonds is 5. The minimum absolute atomic E-state index is 0.149. The standard InChI is InChI=1S/C19H24BrN3O2S/c1-13(24)22(2)16-6-8-23(9-7-16)11-15-12-26-19(21-15)17-10-14(20)4-5-18(17)25-3/h4-5,10,12,16H,6-9,11H2,1-3H3. The van der Waals surface area contributed by atoms with Crippen molar-refractivity contribution in [1.29, 1.82) is 0 Å². The van der Waals surface area contributed by atoms with Crippen LogP contribution in [0.4, 0.5) is 0 Å². The van der Waals surface area contributed by atoms with Gasteiger partial charge >= 0.3 is 0 Å². The Balaban J connectivity index is 1.63. The molecule has 0 aliphatic carbocycles. The van der Waals surface area contributed by atoms with Gasteiger partial charge in [-0.25, -0.2) is 4.98 Å². The molecule has 1 fully saturated rings. The first kappa shape index (κ1) is 19.3. The van der Waals surface area contributed by atoms with Crippen molar-refractivity contribution in [3.63, 3.8) is 0 Å². The second-order valence-electron chi connectivity index (χ2n) is 6.63. The van der Waals surface area contributed by atoms with Crippen molar-refractivity contribution in [2.75, 3.05) is 27.2 Å². The van der Waals surface area contributed by atoms with Gasteiger partial charge in [0.25, 0.3) is 0 Å². The SMILES string of the molecule is COc1ccc(Br)cc1-c1nc(CN2CCC(N(C)C(C)=O)CC2)cs1. The number of likely N-dealkylation sites (tertiary alicyclic amines) is 1. The molecule has 1 aromatic carbocycles. The van der Waals surface area contributed by atoms with Gasteiger partial charge in [0, 0.05) is 49.5 Å². The van der Waals surface area contributed by atoms with Crippen LogP contribution < -0.4 is 4.74 Å². The maximum absolute atomic E-state index is 11.5. The lowest BCUT2D eigenvalue weighted by Crippen LogP contribution is -2.44. The summed E-state index contributed by atoms with van der Waals surface area (Å²) in [6.07, 6.45) is 2.04. The Hall–Kier alpha value is -1.44. The molecule has 0 bridgehead atoms. The molecule has 1 aliphatic rings. The number of carbonyl (C=O) groups is 1. The molecule has 0 spiro atoms. The normalized spacial score (nSPS) is 15.8. The highest BCUT2D eigenvalue weighted by Gasteiger charge is 2.24. The van der Waals surface area contributed by atoms with Crippen molar-refractivity contribution in [3.05, 3.63) is 33.7 Å². The minimum Gasteiger partial charge on any atom is -0.496 e. The second-order valence-corrected chi connectivity index (χ2v) is 8.40. The molecule has 7 heteroatoms. The third kappa shape index (κ3) is 4.45. The van der Waals surface area contributed by atoms with Crippen molar-refractivity contribution in [2.45, 2.75) is 32.4 Å². The van der Waals surface area contributed by atoms with Crippen molar-refractivity contribution >= 4 is 33.2 Å². The number of methoxy groups -OCH3 is 1. The maximum Gasteiger partial charge on any atom is 0.219 e. The summed E-state index contributed by atoms with van der Waals surface area (Å²) in [6, 6.07) is 6.33. The Morgan fingerprint density at radius 2 is 2.15 bits per heavy atom. The van der Waals surface area contributed by atoms with Gasteiger partial charge in [-0.2, -0.15) is 0 Å². The van der Waals surface area contributed by atoms with Gasteiger partial charge in [0.15, 0.2) is 0 Å². The molecule has 26 heavy (non-hydrogen) atoms. The van der Waals surface area contributed by atoms with Crippen LogP contribution >= 0.6 is 27.3 Å². The van der Waals surface area contributed by atoms with E-state index in [1.807, 2.05) is 30.1 Å². The number of carbonyl (C=O) groups excluding carboxylic acids is 1. The molecule has 0 atom stereocenters. The molecule has 1 saturated heterocycles. The van der Waals surface area contributed by atoms with Crippen molar-refractivity contribution in [2.24, 2.45) is 0 Å². The fourth-order valence-corrected chi connectivity index (χ4v) is 4.49. The number of nitrogens with zero attached hydrogens (tertiary/aromatic N) is 3. The fourth-order valence-electron chi connectivity index (χ4n) is 3.30. The van der Waals surface area contributed by atoms with Gasteiger partial charge in [-0.05, 0) is 31.0 Å². The van der Waals surface area contributed by atoms with Crippen LogP contribution in [0, 0.1) is 0 Å². The summed E-state index contributed by atoms with van der Waals surface area (Å²) in [5, 5.41) is 3.10. The largest absolute Gasteiger partial charge is 0.496 e. The Bertz CT molecular complexity index is 772. The van der Waals surface area contributed by atoms with E-state index in [4.69, 9.17) is 9.72 Å². The van der Waals surface area contributed by atoms with E-state index >= 15 is 0 Å². The molecule has 2 heterocycles. The molecule has 140 valence electrons. The number of hydrogen-bond donors (Lipinski definition) is 0. The van der Waals surface area contributed by atoms with Crippen LogP contribution in [0.15, 0.2) is 28.1 Å². The number of thiazole rings is 1. The van der Waals surface area contributed by atoms with E-state index in [0.29, 0.717) is 6.04 Å². The van der Waals surface area contributed by atoms with E-state index in [9.17, 15) is 4.79 Å². The smallest absolute Gasteiger partial charge is 0.219 e. The molecule has 0 unspecified atom stereocenters. The predicted molar refractivity (Wildman–Crippen MR) is 109 cm³/mol. The van der Waals surface area contributed by atoms with Crippen LogP contribution in [0.25, 0.3) is 10.6 Å². The van der Waals surface area contributed by atoms with Crippen LogP contribution in [0.5, 0.6) is 5.75 Å².